The normalized spacial score (nSPS) is 12.2. The van der Waals surface area contributed by atoms with Crippen LogP contribution in [0.25, 0.3) is 0 Å². The summed E-state index contributed by atoms with van der Waals surface area (Å²) in [6.07, 6.45) is 1.04. The first-order valence-corrected chi connectivity index (χ1v) is 7.40. The monoisotopic (exact) mass is 305 g/mol. The van der Waals surface area contributed by atoms with E-state index in [2.05, 4.69) is 28.5 Å². The molecule has 0 aliphatic rings. The van der Waals surface area contributed by atoms with Gasteiger partial charge in [-0.05, 0) is 43.1 Å². The van der Waals surface area contributed by atoms with Gasteiger partial charge in [-0.3, -0.25) is 0 Å². The number of ether oxygens (including phenoxy) is 1. The van der Waals surface area contributed by atoms with E-state index < -0.39 is 0 Å². The van der Waals surface area contributed by atoms with E-state index in [9.17, 15) is 0 Å². The minimum atomic E-state index is -0.0264. The van der Waals surface area contributed by atoms with E-state index in [1.807, 2.05) is 31.2 Å². The topological polar surface area (TPSA) is 47.0 Å². The van der Waals surface area contributed by atoms with Crippen LogP contribution < -0.4 is 10.1 Å². The number of benzene rings is 1. The van der Waals surface area contributed by atoms with Crippen molar-refractivity contribution in [1.29, 1.82) is 0 Å². The zero-order valence-electron chi connectivity index (χ0n) is 12.6. The number of rotatable bonds is 6. The van der Waals surface area contributed by atoms with Crippen LogP contribution in [0.15, 0.2) is 30.3 Å². The highest BCUT2D eigenvalue weighted by atomic mass is 35.5. The Kier molecular flexibility index (Phi) is 5.53. The van der Waals surface area contributed by atoms with Gasteiger partial charge in [0.05, 0.1) is 18.8 Å². The maximum Gasteiger partial charge on any atom is 0.233 e. The van der Waals surface area contributed by atoms with Gasteiger partial charge in [0, 0.05) is 11.1 Å². The van der Waals surface area contributed by atoms with Gasteiger partial charge < -0.3 is 10.1 Å². The summed E-state index contributed by atoms with van der Waals surface area (Å²) in [5, 5.41) is 12.5. The molecule has 1 aromatic heterocycles. The smallest absolute Gasteiger partial charge is 0.233 e. The van der Waals surface area contributed by atoms with Crippen molar-refractivity contribution < 1.29 is 4.74 Å². The number of nitrogens with one attached hydrogen (secondary N) is 1. The molecule has 0 spiro atoms. The average Bonchev–Trinajstić information content (AvgIpc) is 2.51. The molecule has 0 aliphatic carbocycles. The van der Waals surface area contributed by atoms with Crippen molar-refractivity contribution in [1.82, 2.24) is 15.5 Å². The molecule has 5 heteroatoms. The SMILES string of the molecule is CCCNC(c1ccc(C)c(Cl)c1)c1ccc(OC)nn1. The van der Waals surface area contributed by atoms with Gasteiger partial charge in [-0.25, -0.2) is 0 Å². The number of halogens is 1. The van der Waals surface area contributed by atoms with Crippen LogP contribution in [0.4, 0.5) is 0 Å². The quantitative estimate of drug-likeness (QED) is 0.887. The molecule has 0 saturated heterocycles. The molecule has 1 heterocycles. The van der Waals surface area contributed by atoms with Gasteiger partial charge >= 0.3 is 0 Å². The Hall–Kier alpha value is -1.65. The maximum absolute atomic E-state index is 6.24. The second kappa shape index (κ2) is 7.38. The van der Waals surface area contributed by atoms with Gasteiger partial charge in [0.25, 0.3) is 0 Å². The van der Waals surface area contributed by atoms with Crippen molar-refractivity contribution in [2.24, 2.45) is 0 Å². The molecular formula is C16H20ClN3O. The number of aromatic nitrogens is 2. The van der Waals surface area contributed by atoms with Crippen molar-refractivity contribution in [3.8, 4) is 5.88 Å². The number of nitrogens with zero attached hydrogens (tertiary/aromatic N) is 2. The lowest BCUT2D eigenvalue weighted by atomic mass is 10.0. The molecule has 112 valence electrons. The fourth-order valence-electron chi connectivity index (χ4n) is 2.06. The first-order valence-electron chi connectivity index (χ1n) is 7.02. The molecule has 1 unspecified atom stereocenters. The Bertz CT molecular complexity index is 587. The summed E-state index contributed by atoms with van der Waals surface area (Å²) in [5.74, 6) is 0.509. The van der Waals surface area contributed by atoms with Gasteiger partial charge in [-0.15, -0.1) is 10.2 Å². The molecule has 21 heavy (non-hydrogen) atoms. The molecule has 1 atom stereocenters. The minimum Gasteiger partial charge on any atom is -0.480 e. The van der Waals surface area contributed by atoms with Gasteiger partial charge in [-0.1, -0.05) is 30.7 Å². The van der Waals surface area contributed by atoms with Crippen molar-refractivity contribution in [2.75, 3.05) is 13.7 Å². The Morgan fingerprint density at radius 3 is 2.62 bits per heavy atom. The van der Waals surface area contributed by atoms with Crippen molar-refractivity contribution in [3.05, 3.63) is 52.2 Å². The van der Waals surface area contributed by atoms with Gasteiger partial charge in [-0.2, -0.15) is 0 Å². The van der Waals surface area contributed by atoms with Crippen molar-refractivity contribution >= 4 is 11.6 Å². The summed E-state index contributed by atoms with van der Waals surface area (Å²) in [5.41, 5.74) is 3.00. The van der Waals surface area contributed by atoms with Crippen LogP contribution in [-0.4, -0.2) is 23.9 Å². The summed E-state index contributed by atoms with van der Waals surface area (Å²) in [6, 6.07) is 9.79. The van der Waals surface area contributed by atoms with Crippen LogP contribution in [-0.2, 0) is 0 Å². The maximum atomic E-state index is 6.24. The van der Waals surface area contributed by atoms with Crippen molar-refractivity contribution in [2.45, 2.75) is 26.3 Å². The highest BCUT2D eigenvalue weighted by Crippen LogP contribution is 2.25. The van der Waals surface area contributed by atoms with Crippen LogP contribution in [0.1, 0.15) is 36.2 Å². The third-order valence-electron chi connectivity index (χ3n) is 3.29. The first kappa shape index (κ1) is 15.7. The molecule has 1 aromatic carbocycles. The van der Waals surface area contributed by atoms with Crippen LogP contribution in [0.3, 0.4) is 0 Å². The first-order chi connectivity index (χ1) is 10.2. The fourth-order valence-corrected chi connectivity index (χ4v) is 2.25. The molecule has 0 radical (unpaired) electrons. The Balaban J connectivity index is 2.33. The molecule has 1 N–H and O–H groups in total. The second-order valence-electron chi connectivity index (χ2n) is 4.90. The minimum absolute atomic E-state index is 0.0264. The Labute approximate surface area is 130 Å². The molecule has 4 nitrogen and oxygen atoms in total. The van der Waals surface area contributed by atoms with Crippen LogP contribution in [0.5, 0.6) is 5.88 Å². The van der Waals surface area contributed by atoms with Gasteiger partial charge in [0.1, 0.15) is 0 Å². The summed E-state index contributed by atoms with van der Waals surface area (Å²) < 4.78 is 5.06. The molecule has 0 fully saturated rings. The third-order valence-corrected chi connectivity index (χ3v) is 3.70. The van der Waals surface area contributed by atoms with E-state index in [0.717, 1.165) is 34.8 Å². The van der Waals surface area contributed by atoms with Crippen LogP contribution in [0, 0.1) is 6.92 Å². The molecular weight excluding hydrogens is 286 g/mol. The highest BCUT2D eigenvalue weighted by molar-refractivity contribution is 6.31. The summed E-state index contributed by atoms with van der Waals surface area (Å²) in [7, 11) is 1.58. The summed E-state index contributed by atoms with van der Waals surface area (Å²) >= 11 is 6.24. The van der Waals surface area contributed by atoms with E-state index in [4.69, 9.17) is 16.3 Å². The largest absolute Gasteiger partial charge is 0.480 e. The summed E-state index contributed by atoms with van der Waals surface area (Å²) in [4.78, 5) is 0. The average molecular weight is 306 g/mol. The van der Waals surface area contributed by atoms with E-state index in [1.165, 1.54) is 0 Å². The summed E-state index contributed by atoms with van der Waals surface area (Å²) in [6.45, 7) is 5.02. The Morgan fingerprint density at radius 1 is 1.24 bits per heavy atom. The predicted molar refractivity (Wildman–Crippen MR) is 84.9 cm³/mol. The molecule has 0 bridgehead atoms. The van der Waals surface area contributed by atoms with Crippen LogP contribution >= 0.6 is 11.6 Å². The number of hydrogen-bond acceptors (Lipinski definition) is 4. The predicted octanol–water partition coefficient (Wildman–Crippen LogP) is 3.54. The Morgan fingerprint density at radius 2 is 2.05 bits per heavy atom. The third kappa shape index (κ3) is 3.93. The zero-order valence-corrected chi connectivity index (χ0v) is 13.3. The fraction of sp³-hybridized carbons (Fsp3) is 0.375. The molecule has 0 aliphatic heterocycles. The highest BCUT2D eigenvalue weighted by Gasteiger charge is 2.16. The van der Waals surface area contributed by atoms with Gasteiger partial charge in [0.15, 0.2) is 0 Å². The zero-order chi connectivity index (χ0) is 15.2. The lowest BCUT2D eigenvalue weighted by Crippen LogP contribution is -2.24. The molecule has 0 amide bonds. The molecule has 2 rings (SSSR count). The second-order valence-corrected chi connectivity index (χ2v) is 5.30. The van der Waals surface area contributed by atoms with Crippen LogP contribution in [0.2, 0.25) is 5.02 Å². The number of hydrogen-bond donors (Lipinski definition) is 1. The van der Waals surface area contributed by atoms with E-state index in [0.29, 0.717) is 5.88 Å². The van der Waals surface area contributed by atoms with E-state index in [1.54, 1.807) is 7.11 Å². The lowest BCUT2D eigenvalue weighted by molar-refractivity contribution is 0.390. The van der Waals surface area contributed by atoms with E-state index >= 15 is 0 Å². The van der Waals surface area contributed by atoms with E-state index in [-0.39, 0.29) is 6.04 Å². The van der Waals surface area contributed by atoms with Gasteiger partial charge in [0.2, 0.25) is 5.88 Å². The number of methoxy groups -OCH3 is 1. The lowest BCUT2D eigenvalue weighted by Gasteiger charge is -2.19. The number of aryl methyl sites for hydroxylation is 1. The van der Waals surface area contributed by atoms with Crippen molar-refractivity contribution in [3.63, 3.8) is 0 Å². The molecule has 0 saturated carbocycles. The standard InChI is InChI=1S/C16H20ClN3O/c1-4-9-18-16(12-6-5-11(2)13(17)10-12)14-7-8-15(21-3)20-19-14/h5-8,10,16,18H,4,9H2,1-3H3. The molecule has 2 aromatic rings.